The summed E-state index contributed by atoms with van der Waals surface area (Å²) in [5.41, 5.74) is 2.25. The first-order valence-corrected chi connectivity index (χ1v) is 9.39. The summed E-state index contributed by atoms with van der Waals surface area (Å²) in [5.74, 6) is 0.468. The van der Waals surface area contributed by atoms with Crippen LogP contribution in [0.3, 0.4) is 0 Å². The molecule has 27 heavy (non-hydrogen) atoms. The topological polar surface area (TPSA) is 59.6 Å². The minimum Gasteiger partial charge on any atom is -0.497 e. The molecule has 0 saturated heterocycles. The number of carbonyl (C=O) groups is 1. The van der Waals surface area contributed by atoms with Crippen LogP contribution in [0.4, 0.5) is 5.69 Å². The summed E-state index contributed by atoms with van der Waals surface area (Å²) in [6, 6.07) is 15.3. The van der Waals surface area contributed by atoms with Crippen LogP contribution in [0, 0.1) is 0 Å². The zero-order valence-electron chi connectivity index (χ0n) is 15.6. The quantitative estimate of drug-likeness (QED) is 0.594. The van der Waals surface area contributed by atoms with E-state index in [1.807, 2.05) is 18.2 Å². The smallest absolute Gasteiger partial charge is 0.337 e. The fraction of sp³-hybridized carbons (Fsp3) is 0.333. The molecule has 1 aliphatic rings. The second-order valence-corrected chi connectivity index (χ2v) is 7.08. The molecule has 2 N–H and O–H groups in total. The molecule has 0 radical (unpaired) electrons. The second kappa shape index (κ2) is 8.39. The maximum absolute atomic E-state index is 11.7. The van der Waals surface area contributed by atoms with E-state index in [9.17, 15) is 4.79 Å². The second-order valence-electron chi connectivity index (χ2n) is 6.67. The van der Waals surface area contributed by atoms with E-state index in [1.54, 1.807) is 25.3 Å². The highest BCUT2D eigenvalue weighted by Crippen LogP contribution is 2.39. The van der Waals surface area contributed by atoms with Gasteiger partial charge in [-0.05, 0) is 61.0 Å². The van der Waals surface area contributed by atoms with Crippen molar-refractivity contribution in [1.82, 2.24) is 5.32 Å². The molecule has 142 valence electrons. The minimum absolute atomic E-state index is 0.184. The Balaban J connectivity index is 1.75. The monoisotopic (exact) mass is 384 g/mol. The van der Waals surface area contributed by atoms with E-state index >= 15 is 0 Å². The first kappa shape index (κ1) is 19.2. The van der Waals surface area contributed by atoms with E-state index in [0.717, 1.165) is 37.1 Å². The van der Waals surface area contributed by atoms with E-state index < -0.39 is 0 Å². The van der Waals surface area contributed by atoms with E-state index in [0.29, 0.717) is 10.7 Å². The first-order valence-electron chi connectivity index (χ1n) is 8.98. The van der Waals surface area contributed by atoms with Gasteiger partial charge in [-0.25, -0.2) is 4.79 Å². The normalized spacial score (nSPS) is 15.0. The van der Waals surface area contributed by atoms with Crippen LogP contribution in [0.15, 0.2) is 48.5 Å². The number of esters is 1. The van der Waals surface area contributed by atoms with Gasteiger partial charge in [-0.2, -0.15) is 0 Å². The van der Waals surface area contributed by atoms with Crippen molar-refractivity contribution in [2.45, 2.75) is 31.2 Å². The molecule has 0 amide bonds. The molecule has 0 atom stereocenters. The van der Waals surface area contributed by atoms with Crippen LogP contribution in [-0.2, 0) is 10.3 Å². The van der Waals surface area contributed by atoms with E-state index in [-0.39, 0.29) is 11.5 Å². The van der Waals surface area contributed by atoms with Crippen LogP contribution in [0.1, 0.15) is 41.6 Å². The molecular formula is C21H24N2O3S. The summed E-state index contributed by atoms with van der Waals surface area (Å²) >= 11 is 5.57. The van der Waals surface area contributed by atoms with Crippen LogP contribution in [0.2, 0.25) is 0 Å². The molecule has 3 rings (SSSR count). The van der Waals surface area contributed by atoms with Crippen molar-refractivity contribution in [2.75, 3.05) is 19.5 Å². The molecular weight excluding hydrogens is 360 g/mol. The SMILES string of the molecule is COC(=O)c1cccc(NC(=S)NC2(c3ccc(OC)cc3)CCCC2)c1. The lowest BCUT2D eigenvalue weighted by atomic mass is 9.88. The molecule has 0 aromatic heterocycles. The molecule has 1 aliphatic carbocycles. The van der Waals surface area contributed by atoms with Crippen molar-refractivity contribution in [3.8, 4) is 5.75 Å². The molecule has 0 heterocycles. The lowest BCUT2D eigenvalue weighted by molar-refractivity contribution is 0.0601. The van der Waals surface area contributed by atoms with Crippen molar-refractivity contribution in [1.29, 1.82) is 0 Å². The predicted molar refractivity (Wildman–Crippen MR) is 110 cm³/mol. The Hall–Kier alpha value is -2.60. The number of nitrogens with one attached hydrogen (secondary N) is 2. The number of anilines is 1. The highest BCUT2D eigenvalue weighted by atomic mass is 32.1. The number of benzene rings is 2. The van der Waals surface area contributed by atoms with Crippen molar-refractivity contribution in [3.05, 3.63) is 59.7 Å². The van der Waals surface area contributed by atoms with Gasteiger partial charge < -0.3 is 20.1 Å². The number of thiocarbonyl (C=S) groups is 1. The summed E-state index contributed by atoms with van der Waals surface area (Å²) in [6.45, 7) is 0. The standard InChI is InChI=1S/C21H24N2O3S/c1-25-18-10-8-16(9-11-18)21(12-3-4-13-21)23-20(27)22-17-7-5-6-15(14-17)19(24)26-2/h5-11,14H,3-4,12-13H2,1-2H3,(H2,22,23,27). The van der Waals surface area contributed by atoms with Gasteiger partial charge >= 0.3 is 5.97 Å². The maximum atomic E-state index is 11.7. The Morgan fingerprint density at radius 2 is 1.78 bits per heavy atom. The van der Waals surface area contributed by atoms with Crippen molar-refractivity contribution < 1.29 is 14.3 Å². The molecule has 2 aromatic carbocycles. The largest absolute Gasteiger partial charge is 0.497 e. The molecule has 6 heteroatoms. The first-order chi connectivity index (χ1) is 13.1. The Morgan fingerprint density at radius 1 is 1.07 bits per heavy atom. The van der Waals surface area contributed by atoms with Crippen LogP contribution in [0.5, 0.6) is 5.75 Å². The fourth-order valence-corrected chi connectivity index (χ4v) is 3.91. The summed E-state index contributed by atoms with van der Waals surface area (Å²) in [6.07, 6.45) is 4.34. The van der Waals surface area contributed by atoms with Crippen LogP contribution >= 0.6 is 12.2 Å². The third-order valence-electron chi connectivity index (χ3n) is 4.99. The minimum atomic E-state index is -0.372. The van der Waals surface area contributed by atoms with Crippen LogP contribution in [0.25, 0.3) is 0 Å². The maximum Gasteiger partial charge on any atom is 0.337 e. The molecule has 1 saturated carbocycles. The van der Waals surface area contributed by atoms with E-state index in [1.165, 1.54) is 12.7 Å². The Bertz CT molecular complexity index is 814. The van der Waals surface area contributed by atoms with Gasteiger partial charge in [-0.3, -0.25) is 0 Å². The average molecular weight is 385 g/mol. The van der Waals surface area contributed by atoms with Gasteiger partial charge in [0.05, 0.1) is 25.3 Å². The number of rotatable bonds is 5. The third kappa shape index (κ3) is 4.39. The van der Waals surface area contributed by atoms with Crippen LogP contribution in [-0.4, -0.2) is 25.3 Å². The number of methoxy groups -OCH3 is 2. The fourth-order valence-electron chi connectivity index (χ4n) is 3.60. The molecule has 0 spiro atoms. The number of carbonyl (C=O) groups excluding carboxylic acids is 1. The lowest BCUT2D eigenvalue weighted by Gasteiger charge is -2.32. The van der Waals surface area contributed by atoms with Crippen LogP contribution < -0.4 is 15.4 Å². The predicted octanol–water partition coefficient (Wildman–Crippen LogP) is 4.24. The molecule has 0 unspecified atom stereocenters. The molecule has 0 aliphatic heterocycles. The van der Waals surface area contributed by atoms with Gasteiger partial charge in [0.2, 0.25) is 0 Å². The summed E-state index contributed by atoms with van der Waals surface area (Å²) in [5, 5.41) is 7.25. The van der Waals surface area contributed by atoms with E-state index in [2.05, 4.69) is 22.8 Å². The summed E-state index contributed by atoms with van der Waals surface area (Å²) in [4.78, 5) is 11.7. The Kier molecular flexibility index (Phi) is 5.96. The number of hydrogen-bond donors (Lipinski definition) is 2. The van der Waals surface area contributed by atoms with Gasteiger partial charge in [-0.15, -0.1) is 0 Å². The number of hydrogen-bond acceptors (Lipinski definition) is 4. The molecule has 2 aromatic rings. The molecule has 5 nitrogen and oxygen atoms in total. The zero-order chi connectivity index (χ0) is 19.3. The van der Waals surface area contributed by atoms with E-state index in [4.69, 9.17) is 21.7 Å². The van der Waals surface area contributed by atoms with Gasteiger partial charge in [-0.1, -0.05) is 31.0 Å². The summed E-state index contributed by atoms with van der Waals surface area (Å²) in [7, 11) is 3.04. The van der Waals surface area contributed by atoms with Crippen molar-refractivity contribution in [2.24, 2.45) is 0 Å². The average Bonchev–Trinajstić information content (AvgIpc) is 3.17. The molecule has 1 fully saturated rings. The summed E-state index contributed by atoms with van der Waals surface area (Å²) < 4.78 is 10.0. The van der Waals surface area contributed by atoms with Gasteiger partial charge in [0.15, 0.2) is 5.11 Å². The Morgan fingerprint density at radius 3 is 2.41 bits per heavy atom. The van der Waals surface area contributed by atoms with Crippen molar-refractivity contribution in [3.63, 3.8) is 0 Å². The Labute approximate surface area is 165 Å². The van der Waals surface area contributed by atoms with Crippen molar-refractivity contribution >= 4 is 29.0 Å². The number of ether oxygens (including phenoxy) is 2. The highest BCUT2D eigenvalue weighted by Gasteiger charge is 2.36. The van der Waals surface area contributed by atoms with Gasteiger partial charge in [0.1, 0.15) is 5.75 Å². The third-order valence-corrected chi connectivity index (χ3v) is 5.20. The van der Waals surface area contributed by atoms with Gasteiger partial charge in [0, 0.05) is 5.69 Å². The molecule has 0 bridgehead atoms. The highest BCUT2D eigenvalue weighted by molar-refractivity contribution is 7.80. The van der Waals surface area contributed by atoms with Gasteiger partial charge in [0.25, 0.3) is 0 Å². The zero-order valence-corrected chi connectivity index (χ0v) is 16.4. The lowest BCUT2D eigenvalue weighted by Crippen LogP contribution is -2.45.